The second-order valence-corrected chi connectivity index (χ2v) is 5.70. The van der Waals surface area contributed by atoms with E-state index in [0.29, 0.717) is 0 Å². The van der Waals surface area contributed by atoms with Crippen molar-refractivity contribution in [2.24, 2.45) is 0 Å². The predicted molar refractivity (Wildman–Crippen MR) is 69.3 cm³/mol. The summed E-state index contributed by atoms with van der Waals surface area (Å²) in [4.78, 5) is 11.8. The van der Waals surface area contributed by atoms with Crippen molar-refractivity contribution in [2.75, 3.05) is 13.7 Å². The van der Waals surface area contributed by atoms with Crippen molar-refractivity contribution in [3.63, 3.8) is 0 Å². The first-order valence-corrected chi connectivity index (χ1v) is 7.75. The molecule has 0 bridgehead atoms. The molecule has 0 spiro atoms. The average Bonchev–Trinajstić information content (AvgIpc) is 2.35. The molecular formula is C11H24NO5P. The Labute approximate surface area is 109 Å². The van der Waals surface area contributed by atoms with Crippen LogP contribution in [0.25, 0.3) is 0 Å². The van der Waals surface area contributed by atoms with Gasteiger partial charge < -0.3 is 9.26 Å². The second kappa shape index (κ2) is 8.64. The summed E-state index contributed by atoms with van der Waals surface area (Å²) in [6.45, 7) is 7.38. The summed E-state index contributed by atoms with van der Waals surface area (Å²) in [5.41, 5.74) is 0. The molecule has 0 aliphatic rings. The van der Waals surface area contributed by atoms with Gasteiger partial charge in [-0.2, -0.15) is 0 Å². The molecule has 0 aromatic carbocycles. The minimum Gasteiger partial charge on any atom is -0.461 e. The number of nitrogens with one attached hydrogen (secondary N) is 1. The number of carbonyl (C=O) groups is 1. The lowest BCUT2D eigenvalue weighted by atomic mass is 10.2. The lowest BCUT2D eigenvalue weighted by Crippen LogP contribution is -2.36. The van der Waals surface area contributed by atoms with Gasteiger partial charge in [-0.1, -0.05) is 13.8 Å². The molecule has 0 heterocycles. The largest absolute Gasteiger partial charge is 0.461 e. The van der Waals surface area contributed by atoms with E-state index in [2.05, 4.69) is 5.09 Å². The highest BCUT2D eigenvalue weighted by molar-refractivity contribution is 7.51. The van der Waals surface area contributed by atoms with Crippen molar-refractivity contribution in [2.45, 2.75) is 52.7 Å². The number of esters is 1. The maximum absolute atomic E-state index is 12.0. The average molecular weight is 281 g/mol. The molecule has 0 saturated carbocycles. The third-order valence-corrected chi connectivity index (χ3v) is 4.22. The predicted octanol–water partition coefficient (Wildman–Crippen LogP) is 2.49. The number of hydrogen-bond donors (Lipinski definition) is 1. The fourth-order valence-corrected chi connectivity index (χ4v) is 2.53. The Hall–Kier alpha value is -0.420. The van der Waals surface area contributed by atoms with E-state index in [4.69, 9.17) is 13.8 Å². The number of ether oxygens (including phenoxy) is 1. The zero-order valence-corrected chi connectivity index (χ0v) is 12.7. The van der Waals surface area contributed by atoms with Gasteiger partial charge in [0.15, 0.2) is 0 Å². The molecule has 7 heteroatoms. The van der Waals surface area contributed by atoms with Crippen LogP contribution in [0.2, 0.25) is 0 Å². The normalized spacial score (nSPS) is 16.3. The molecule has 6 nitrogen and oxygen atoms in total. The van der Waals surface area contributed by atoms with Crippen LogP contribution in [0, 0.1) is 0 Å². The first-order valence-electron chi connectivity index (χ1n) is 6.20. The van der Waals surface area contributed by atoms with Crippen molar-refractivity contribution in [3.05, 3.63) is 0 Å². The zero-order valence-electron chi connectivity index (χ0n) is 11.8. The van der Waals surface area contributed by atoms with Gasteiger partial charge in [0.1, 0.15) is 12.1 Å². The first kappa shape index (κ1) is 17.6. The summed E-state index contributed by atoms with van der Waals surface area (Å²) < 4.78 is 26.9. The Morgan fingerprint density at radius 1 is 1.28 bits per heavy atom. The smallest absolute Gasteiger partial charge is 0.405 e. The standard InChI is InChI=1S/C11H24NO5P/c1-6-10(7-2)17-11(13)9(4)12-18(14,15-5)16-8-3/h9-10H,6-8H2,1-5H3,(H,12,14). The van der Waals surface area contributed by atoms with Crippen LogP contribution in [0.1, 0.15) is 40.5 Å². The van der Waals surface area contributed by atoms with Gasteiger partial charge in [0.05, 0.1) is 6.61 Å². The van der Waals surface area contributed by atoms with Crippen LogP contribution in [-0.4, -0.2) is 31.8 Å². The summed E-state index contributed by atoms with van der Waals surface area (Å²) in [7, 11) is -2.16. The van der Waals surface area contributed by atoms with E-state index in [1.165, 1.54) is 7.11 Å². The van der Waals surface area contributed by atoms with E-state index >= 15 is 0 Å². The van der Waals surface area contributed by atoms with Crippen molar-refractivity contribution >= 4 is 13.7 Å². The van der Waals surface area contributed by atoms with Crippen LogP contribution in [0.5, 0.6) is 0 Å². The first-order chi connectivity index (χ1) is 8.42. The molecule has 2 atom stereocenters. The third kappa shape index (κ3) is 5.96. The second-order valence-electron chi connectivity index (χ2n) is 3.82. The van der Waals surface area contributed by atoms with Crippen molar-refractivity contribution in [1.82, 2.24) is 5.09 Å². The van der Waals surface area contributed by atoms with Crippen LogP contribution < -0.4 is 5.09 Å². The maximum atomic E-state index is 12.0. The number of rotatable bonds is 9. The molecule has 0 aliphatic carbocycles. The molecule has 0 rings (SSSR count). The van der Waals surface area contributed by atoms with Gasteiger partial charge in [0.25, 0.3) is 0 Å². The lowest BCUT2D eigenvalue weighted by Gasteiger charge is -2.22. The van der Waals surface area contributed by atoms with Gasteiger partial charge in [-0.15, -0.1) is 0 Å². The Morgan fingerprint density at radius 3 is 2.22 bits per heavy atom. The van der Waals surface area contributed by atoms with Gasteiger partial charge in [-0.05, 0) is 26.7 Å². The van der Waals surface area contributed by atoms with Gasteiger partial charge in [0.2, 0.25) is 0 Å². The molecule has 0 aromatic heterocycles. The van der Waals surface area contributed by atoms with Crippen LogP contribution in [-0.2, 0) is 23.1 Å². The molecule has 2 unspecified atom stereocenters. The van der Waals surface area contributed by atoms with Crippen molar-refractivity contribution in [1.29, 1.82) is 0 Å². The highest BCUT2D eigenvalue weighted by Gasteiger charge is 2.29. The Balaban J connectivity index is 4.42. The lowest BCUT2D eigenvalue weighted by molar-refractivity contribution is -0.151. The quantitative estimate of drug-likeness (QED) is 0.517. The van der Waals surface area contributed by atoms with Gasteiger partial charge in [0, 0.05) is 7.11 Å². The zero-order chi connectivity index (χ0) is 14.2. The third-order valence-electron chi connectivity index (χ3n) is 2.44. The van der Waals surface area contributed by atoms with Crippen LogP contribution in [0.3, 0.4) is 0 Å². The summed E-state index contributed by atoms with van der Waals surface area (Å²) in [6, 6.07) is -0.747. The van der Waals surface area contributed by atoms with Gasteiger partial charge in [-0.25, -0.2) is 9.65 Å². The van der Waals surface area contributed by atoms with E-state index in [1.807, 2.05) is 13.8 Å². The van der Waals surface area contributed by atoms with Crippen LogP contribution in [0.15, 0.2) is 0 Å². The highest BCUT2D eigenvalue weighted by atomic mass is 31.2. The van der Waals surface area contributed by atoms with Crippen molar-refractivity contribution < 1.29 is 23.1 Å². The fraction of sp³-hybridized carbons (Fsp3) is 0.909. The minimum absolute atomic E-state index is 0.115. The van der Waals surface area contributed by atoms with Crippen molar-refractivity contribution in [3.8, 4) is 0 Å². The summed E-state index contributed by atoms with van der Waals surface area (Å²) in [5, 5.41) is 2.53. The molecule has 108 valence electrons. The molecule has 0 fully saturated rings. The molecule has 0 amide bonds. The number of hydrogen-bond acceptors (Lipinski definition) is 5. The molecule has 1 N–H and O–H groups in total. The summed E-state index contributed by atoms with van der Waals surface area (Å²) >= 11 is 0. The molecule has 0 saturated heterocycles. The van der Waals surface area contributed by atoms with E-state index in [-0.39, 0.29) is 12.7 Å². The molecule has 0 aliphatic heterocycles. The van der Waals surface area contributed by atoms with E-state index in [0.717, 1.165) is 12.8 Å². The number of carbonyl (C=O) groups excluding carboxylic acids is 1. The fourth-order valence-electron chi connectivity index (χ4n) is 1.32. The Bertz CT molecular complexity index is 293. The van der Waals surface area contributed by atoms with Crippen LogP contribution >= 0.6 is 7.75 Å². The molecule has 18 heavy (non-hydrogen) atoms. The SMILES string of the molecule is CCOP(=O)(NC(C)C(=O)OC(CC)CC)OC. The topological polar surface area (TPSA) is 73.9 Å². The van der Waals surface area contributed by atoms with E-state index in [1.54, 1.807) is 13.8 Å². The minimum atomic E-state index is -3.42. The highest BCUT2D eigenvalue weighted by Crippen LogP contribution is 2.42. The van der Waals surface area contributed by atoms with E-state index < -0.39 is 19.8 Å². The van der Waals surface area contributed by atoms with Gasteiger partial charge in [-0.3, -0.25) is 9.32 Å². The Morgan fingerprint density at radius 2 is 1.83 bits per heavy atom. The summed E-state index contributed by atoms with van der Waals surface area (Å²) in [6.07, 6.45) is 1.39. The van der Waals surface area contributed by atoms with E-state index in [9.17, 15) is 9.36 Å². The molecular weight excluding hydrogens is 257 g/mol. The summed E-state index contributed by atoms with van der Waals surface area (Å²) in [5.74, 6) is -0.458. The van der Waals surface area contributed by atoms with Gasteiger partial charge >= 0.3 is 13.7 Å². The molecule has 0 radical (unpaired) electrons. The van der Waals surface area contributed by atoms with Crippen LogP contribution in [0.4, 0.5) is 0 Å². The molecule has 0 aromatic rings. The maximum Gasteiger partial charge on any atom is 0.405 e. The monoisotopic (exact) mass is 281 g/mol. The Kier molecular flexibility index (Phi) is 8.44.